The number of thiophene rings is 1. The van der Waals surface area contributed by atoms with Crippen LogP contribution in [0.5, 0.6) is 0 Å². The molecule has 0 spiro atoms. The van der Waals surface area contributed by atoms with Crippen LogP contribution in [0.3, 0.4) is 0 Å². The lowest BCUT2D eigenvalue weighted by Crippen LogP contribution is -2.14. The Morgan fingerprint density at radius 1 is 0.339 bits per heavy atom. The van der Waals surface area contributed by atoms with E-state index in [4.69, 9.17) is 0 Å². The first-order chi connectivity index (χ1) is 27.5. The van der Waals surface area contributed by atoms with E-state index in [-0.39, 0.29) is 5.41 Å². The summed E-state index contributed by atoms with van der Waals surface area (Å²) >= 11 is 1.90. The number of hydrogen-bond acceptors (Lipinski definition) is 1. The van der Waals surface area contributed by atoms with Crippen molar-refractivity contribution in [3.05, 3.63) is 193 Å². The van der Waals surface area contributed by atoms with Crippen LogP contribution in [-0.4, -0.2) is 0 Å². The fourth-order valence-electron chi connectivity index (χ4n) is 9.91. The zero-order valence-electron chi connectivity index (χ0n) is 31.2. The first-order valence-corrected chi connectivity index (χ1v) is 20.4. The summed E-state index contributed by atoms with van der Waals surface area (Å²) in [6.45, 7) is 4.77. The highest BCUT2D eigenvalue weighted by Gasteiger charge is 2.36. The SMILES string of the molecule is CC1(C)c2ccc(-c3ccc4cc(-c5c6ccccc6c(-c6ccccc6)c6ccccc56)ccc4c3)cc2-c2cc3c(ccc4sc5ccccc5c43)cc21. The summed E-state index contributed by atoms with van der Waals surface area (Å²) in [5.41, 5.74) is 13.1. The average molecular weight is 729 g/mol. The van der Waals surface area contributed by atoms with Gasteiger partial charge < -0.3 is 0 Å². The van der Waals surface area contributed by atoms with E-state index < -0.39 is 0 Å². The Labute approximate surface area is 329 Å². The second-order valence-corrected chi connectivity index (χ2v) is 17.1. The molecule has 0 radical (unpaired) electrons. The standard InChI is InChI=1S/C55H36S/c1-55(2)48-26-24-37(30-46(48)47-32-45-38(31-49(47)55)25-27-51-54(45)44-18-10-11-19-50(44)56-51)35-20-21-36-29-39(23-22-34(36)28-35)53-42-16-8-6-14-40(42)52(33-12-4-3-5-13-33)41-15-7-9-17-43(41)53/h3-32H,1-2H3. The molecular weight excluding hydrogens is 693 g/mol. The monoisotopic (exact) mass is 728 g/mol. The molecule has 0 saturated carbocycles. The maximum absolute atomic E-state index is 2.49. The molecule has 0 aliphatic heterocycles. The third kappa shape index (κ3) is 4.53. The molecule has 0 unspecified atom stereocenters. The first-order valence-electron chi connectivity index (χ1n) is 19.6. The Bertz CT molecular complexity index is 3380. The predicted octanol–water partition coefficient (Wildman–Crippen LogP) is 16.0. The lowest BCUT2D eigenvalue weighted by molar-refractivity contribution is 0.661. The van der Waals surface area contributed by atoms with Crippen molar-refractivity contribution in [2.45, 2.75) is 19.3 Å². The van der Waals surface area contributed by atoms with Gasteiger partial charge in [0.25, 0.3) is 0 Å². The van der Waals surface area contributed by atoms with Crippen molar-refractivity contribution in [2.24, 2.45) is 0 Å². The average Bonchev–Trinajstić information content (AvgIpc) is 3.73. The third-order valence-electron chi connectivity index (χ3n) is 12.6. The van der Waals surface area contributed by atoms with Crippen LogP contribution in [0, 0.1) is 0 Å². The van der Waals surface area contributed by atoms with Crippen molar-refractivity contribution in [1.82, 2.24) is 0 Å². The maximum Gasteiger partial charge on any atom is 0.0361 e. The molecule has 1 heteroatoms. The van der Waals surface area contributed by atoms with Crippen LogP contribution < -0.4 is 0 Å². The molecular formula is C55H36S. The maximum atomic E-state index is 2.49. The molecule has 10 aromatic carbocycles. The second-order valence-electron chi connectivity index (χ2n) is 16.0. The number of benzene rings is 10. The van der Waals surface area contributed by atoms with Gasteiger partial charge in [-0.05, 0) is 141 Å². The normalized spacial score (nSPS) is 13.3. The lowest BCUT2D eigenvalue weighted by Gasteiger charge is -2.22. The van der Waals surface area contributed by atoms with Gasteiger partial charge in [-0.15, -0.1) is 11.3 Å². The molecule has 12 rings (SSSR count). The Hall–Kier alpha value is -6.54. The van der Waals surface area contributed by atoms with Crippen molar-refractivity contribution >= 4 is 74.6 Å². The van der Waals surface area contributed by atoms with Gasteiger partial charge in [-0.2, -0.15) is 0 Å². The highest BCUT2D eigenvalue weighted by Crippen LogP contribution is 2.52. The van der Waals surface area contributed by atoms with Gasteiger partial charge in [0.15, 0.2) is 0 Å². The molecule has 0 amide bonds. The van der Waals surface area contributed by atoms with E-state index in [9.17, 15) is 0 Å². The van der Waals surface area contributed by atoms with E-state index in [1.807, 2.05) is 11.3 Å². The van der Waals surface area contributed by atoms with E-state index in [0.717, 1.165) is 0 Å². The zero-order chi connectivity index (χ0) is 37.1. The molecule has 262 valence electrons. The molecule has 0 bridgehead atoms. The van der Waals surface area contributed by atoms with Crippen LogP contribution in [0.1, 0.15) is 25.0 Å². The van der Waals surface area contributed by atoms with Crippen LogP contribution in [-0.2, 0) is 5.41 Å². The van der Waals surface area contributed by atoms with E-state index in [1.165, 1.54) is 119 Å². The van der Waals surface area contributed by atoms with E-state index in [0.29, 0.717) is 0 Å². The van der Waals surface area contributed by atoms with Gasteiger partial charge in [-0.1, -0.05) is 153 Å². The Balaban J connectivity index is 0.987. The summed E-state index contributed by atoms with van der Waals surface area (Å²) in [5.74, 6) is 0. The molecule has 1 aliphatic carbocycles. The minimum Gasteiger partial charge on any atom is -0.135 e. The van der Waals surface area contributed by atoms with E-state index >= 15 is 0 Å². The zero-order valence-corrected chi connectivity index (χ0v) is 32.0. The van der Waals surface area contributed by atoms with Crippen molar-refractivity contribution in [2.75, 3.05) is 0 Å². The van der Waals surface area contributed by atoms with Gasteiger partial charge in [0.05, 0.1) is 0 Å². The summed E-state index contributed by atoms with van der Waals surface area (Å²) < 4.78 is 2.71. The fraction of sp³-hybridized carbons (Fsp3) is 0.0545. The molecule has 0 N–H and O–H groups in total. The molecule has 11 aromatic rings. The van der Waals surface area contributed by atoms with Crippen LogP contribution in [0.4, 0.5) is 0 Å². The van der Waals surface area contributed by atoms with Gasteiger partial charge in [0, 0.05) is 25.6 Å². The van der Waals surface area contributed by atoms with Crippen LogP contribution in [0.15, 0.2) is 182 Å². The molecule has 0 fully saturated rings. The number of hydrogen-bond donors (Lipinski definition) is 0. The summed E-state index contributed by atoms with van der Waals surface area (Å²) in [4.78, 5) is 0. The smallest absolute Gasteiger partial charge is 0.0361 e. The Morgan fingerprint density at radius 3 is 1.59 bits per heavy atom. The molecule has 1 heterocycles. The molecule has 56 heavy (non-hydrogen) atoms. The topological polar surface area (TPSA) is 0 Å². The van der Waals surface area contributed by atoms with Crippen LogP contribution in [0.25, 0.3) is 108 Å². The number of rotatable bonds is 3. The molecule has 0 nitrogen and oxygen atoms in total. The van der Waals surface area contributed by atoms with Crippen molar-refractivity contribution in [3.8, 4) is 44.5 Å². The fourth-order valence-corrected chi connectivity index (χ4v) is 11.0. The summed E-state index contributed by atoms with van der Waals surface area (Å²) in [7, 11) is 0. The molecule has 1 aliphatic rings. The van der Waals surface area contributed by atoms with E-state index in [2.05, 4.69) is 196 Å². The highest BCUT2D eigenvalue weighted by atomic mass is 32.1. The predicted molar refractivity (Wildman–Crippen MR) is 243 cm³/mol. The van der Waals surface area contributed by atoms with Gasteiger partial charge in [0.2, 0.25) is 0 Å². The third-order valence-corrected chi connectivity index (χ3v) is 13.7. The first kappa shape index (κ1) is 31.8. The molecule has 0 atom stereocenters. The van der Waals surface area contributed by atoms with Crippen LogP contribution >= 0.6 is 11.3 Å². The van der Waals surface area contributed by atoms with Gasteiger partial charge in [-0.3, -0.25) is 0 Å². The van der Waals surface area contributed by atoms with Gasteiger partial charge in [-0.25, -0.2) is 0 Å². The minimum absolute atomic E-state index is 0.0729. The summed E-state index contributed by atoms with van der Waals surface area (Å²) in [5, 5.41) is 13.0. The van der Waals surface area contributed by atoms with Gasteiger partial charge >= 0.3 is 0 Å². The Morgan fingerprint density at radius 2 is 0.875 bits per heavy atom. The van der Waals surface area contributed by atoms with Crippen molar-refractivity contribution in [1.29, 1.82) is 0 Å². The second kappa shape index (κ2) is 11.7. The summed E-state index contributed by atoms with van der Waals surface area (Å²) in [6, 6.07) is 68.3. The van der Waals surface area contributed by atoms with Crippen molar-refractivity contribution < 1.29 is 0 Å². The van der Waals surface area contributed by atoms with Gasteiger partial charge in [0.1, 0.15) is 0 Å². The van der Waals surface area contributed by atoms with Crippen LogP contribution in [0.2, 0.25) is 0 Å². The van der Waals surface area contributed by atoms with Crippen molar-refractivity contribution in [3.63, 3.8) is 0 Å². The minimum atomic E-state index is -0.0729. The largest absolute Gasteiger partial charge is 0.135 e. The quantitative estimate of drug-likeness (QED) is 0.159. The summed E-state index contributed by atoms with van der Waals surface area (Å²) in [6.07, 6.45) is 0. The molecule has 1 aromatic heterocycles. The Kier molecular flexibility index (Phi) is 6.66. The lowest BCUT2D eigenvalue weighted by atomic mass is 9.81. The molecule has 0 saturated heterocycles. The highest BCUT2D eigenvalue weighted by molar-refractivity contribution is 7.26. The number of fused-ring (bicyclic) bond motifs is 11. The van der Waals surface area contributed by atoms with E-state index in [1.54, 1.807) is 0 Å².